The van der Waals surface area contributed by atoms with Gasteiger partial charge in [0, 0.05) is 5.56 Å². The molecule has 0 aliphatic heterocycles. The predicted octanol–water partition coefficient (Wildman–Crippen LogP) is 3.89. The number of nitrogens with one attached hydrogen (secondary N) is 1. The summed E-state index contributed by atoms with van der Waals surface area (Å²) in [5.41, 5.74) is 1.50. The fraction of sp³-hybridized carbons (Fsp3) is 0.211. The van der Waals surface area contributed by atoms with Gasteiger partial charge in [0.25, 0.3) is 5.91 Å². The van der Waals surface area contributed by atoms with E-state index in [1.807, 2.05) is 18.2 Å². The fourth-order valence-electron chi connectivity index (χ4n) is 2.22. The molecule has 0 bridgehead atoms. The second-order valence-electron chi connectivity index (χ2n) is 5.05. The highest BCUT2D eigenvalue weighted by molar-refractivity contribution is 6.32. The van der Waals surface area contributed by atoms with Gasteiger partial charge >= 0.3 is 0 Å². The van der Waals surface area contributed by atoms with E-state index in [2.05, 4.69) is 11.9 Å². The van der Waals surface area contributed by atoms with Gasteiger partial charge in [0.05, 0.1) is 18.7 Å². The van der Waals surface area contributed by atoms with Crippen molar-refractivity contribution in [1.82, 2.24) is 5.32 Å². The van der Waals surface area contributed by atoms with Crippen LogP contribution >= 0.6 is 11.6 Å². The van der Waals surface area contributed by atoms with Crippen LogP contribution in [-0.2, 0) is 6.42 Å². The Labute approximate surface area is 147 Å². The molecule has 0 saturated carbocycles. The van der Waals surface area contributed by atoms with Crippen molar-refractivity contribution in [3.8, 4) is 11.5 Å². The number of carbonyl (C=O) groups excluding carboxylic acids is 1. The highest BCUT2D eigenvalue weighted by Gasteiger charge is 2.09. The highest BCUT2D eigenvalue weighted by Crippen LogP contribution is 2.23. The summed E-state index contributed by atoms with van der Waals surface area (Å²) in [6.45, 7) is 4.44. The molecule has 1 N–H and O–H groups in total. The second kappa shape index (κ2) is 8.99. The standard InChI is InChI=1S/C19H20ClNO3/c1-3-6-14-13-15(9-10-17(14)23-2)19(22)21-11-12-24-18-8-5-4-7-16(18)20/h3-5,7-10,13H,1,6,11-12H2,2H3,(H,21,22). The summed E-state index contributed by atoms with van der Waals surface area (Å²) in [6.07, 6.45) is 2.41. The molecule has 24 heavy (non-hydrogen) atoms. The largest absolute Gasteiger partial charge is 0.496 e. The van der Waals surface area contributed by atoms with Crippen LogP contribution in [0.3, 0.4) is 0 Å². The lowest BCUT2D eigenvalue weighted by Crippen LogP contribution is -2.28. The van der Waals surface area contributed by atoms with Crippen molar-refractivity contribution >= 4 is 17.5 Å². The number of carbonyl (C=O) groups is 1. The van der Waals surface area contributed by atoms with Gasteiger partial charge < -0.3 is 14.8 Å². The van der Waals surface area contributed by atoms with Crippen molar-refractivity contribution in [1.29, 1.82) is 0 Å². The van der Waals surface area contributed by atoms with Crippen molar-refractivity contribution < 1.29 is 14.3 Å². The average molecular weight is 346 g/mol. The van der Waals surface area contributed by atoms with E-state index in [9.17, 15) is 4.79 Å². The van der Waals surface area contributed by atoms with Gasteiger partial charge in [-0.2, -0.15) is 0 Å². The Balaban J connectivity index is 1.89. The zero-order chi connectivity index (χ0) is 17.4. The zero-order valence-electron chi connectivity index (χ0n) is 13.5. The molecule has 126 valence electrons. The number of para-hydroxylation sites is 1. The molecule has 1 amide bonds. The highest BCUT2D eigenvalue weighted by atomic mass is 35.5. The van der Waals surface area contributed by atoms with Crippen molar-refractivity contribution in [3.63, 3.8) is 0 Å². The van der Waals surface area contributed by atoms with Gasteiger partial charge in [-0.1, -0.05) is 29.8 Å². The first-order valence-electron chi connectivity index (χ1n) is 7.59. The van der Waals surface area contributed by atoms with Crippen LogP contribution in [-0.4, -0.2) is 26.2 Å². The van der Waals surface area contributed by atoms with E-state index in [0.29, 0.717) is 35.9 Å². The topological polar surface area (TPSA) is 47.6 Å². The first-order valence-corrected chi connectivity index (χ1v) is 7.97. The first-order chi connectivity index (χ1) is 11.7. The molecule has 0 spiro atoms. The molecule has 4 nitrogen and oxygen atoms in total. The Bertz CT molecular complexity index is 716. The van der Waals surface area contributed by atoms with E-state index in [4.69, 9.17) is 21.1 Å². The quantitative estimate of drug-likeness (QED) is 0.583. The molecular weight excluding hydrogens is 326 g/mol. The van der Waals surface area contributed by atoms with Crippen molar-refractivity contribution in [2.75, 3.05) is 20.3 Å². The Morgan fingerprint density at radius 3 is 2.75 bits per heavy atom. The summed E-state index contributed by atoms with van der Waals surface area (Å²) in [5, 5.41) is 3.37. The van der Waals surface area contributed by atoms with Crippen LogP contribution in [0.2, 0.25) is 5.02 Å². The number of rotatable bonds is 8. The molecule has 5 heteroatoms. The Morgan fingerprint density at radius 2 is 2.04 bits per heavy atom. The number of halogens is 1. The Kier molecular flexibility index (Phi) is 6.70. The third-order valence-corrected chi connectivity index (χ3v) is 3.70. The summed E-state index contributed by atoms with van der Waals surface area (Å²) in [6, 6.07) is 12.6. The summed E-state index contributed by atoms with van der Waals surface area (Å²) < 4.78 is 10.8. The third-order valence-electron chi connectivity index (χ3n) is 3.39. The van der Waals surface area contributed by atoms with Gasteiger partial charge in [0.1, 0.15) is 18.1 Å². The third kappa shape index (κ3) is 4.77. The minimum Gasteiger partial charge on any atom is -0.496 e. The maximum atomic E-state index is 12.2. The monoisotopic (exact) mass is 345 g/mol. The number of benzene rings is 2. The number of methoxy groups -OCH3 is 1. The molecule has 2 aromatic carbocycles. The molecule has 2 aromatic rings. The van der Waals surface area contributed by atoms with Gasteiger partial charge in [0.15, 0.2) is 0 Å². The number of amides is 1. The summed E-state index contributed by atoms with van der Waals surface area (Å²) in [4.78, 5) is 12.2. The molecule has 0 radical (unpaired) electrons. The van der Waals surface area contributed by atoms with E-state index in [1.54, 1.807) is 37.5 Å². The van der Waals surface area contributed by atoms with Crippen LogP contribution in [0, 0.1) is 0 Å². The predicted molar refractivity (Wildman–Crippen MR) is 96.2 cm³/mol. The molecule has 0 aliphatic rings. The molecule has 0 unspecified atom stereocenters. The summed E-state index contributed by atoms with van der Waals surface area (Å²) in [7, 11) is 1.60. The second-order valence-corrected chi connectivity index (χ2v) is 5.46. The van der Waals surface area contributed by atoms with Crippen LogP contribution in [0.1, 0.15) is 15.9 Å². The molecular formula is C19H20ClNO3. The Hall–Kier alpha value is -2.46. The lowest BCUT2D eigenvalue weighted by molar-refractivity contribution is 0.0947. The number of hydrogen-bond acceptors (Lipinski definition) is 3. The van der Waals surface area contributed by atoms with Gasteiger partial charge in [-0.3, -0.25) is 4.79 Å². The number of hydrogen-bond donors (Lipinski definition) is 1. The van der Waals surface area contributed by atoms with E-state index in [0.717, 1.165) is 11.3 Å². The minimum absolute atomic E-state index is 0.161. The number of ether oxygens (including phenoxy) is 2. The maximum Gasteiger partial charge on any atom is 0.251 e. The molecule has 0 atom stereocenters. The van der Waals surface area contributed by atoms with E-state index in [-0.39, 0.29) is 5.91 Å². The molecule has 0 aromatic heterocycles. The summed E-state index contributed by atoms with van der Waals surface area (Å²) >= 11 is 6.01. The van der Waals surface area contributed by atoms with Crippen molar-refractivity contribution in [2.24, 2.45) is 0 Å². The zero-order valence-corrected chi connectivity index (χ0v) is 14.3. The molecule has 0 aliphatic carbocycles. The lowest BCUT2D eigenvalue weighted by atomic mass is 10.1. The average Bonchev–Trinajstić information content (AvgIpc) is 2.60. The van der Waals surface area contributed by atoms with Crippen LogP contribution < -0.4 is 14.8 Å². The number of allylic oxidation sites excluding steroid dienone is 1. The van der Waals surface area contributed by atoms with Gasteiger partial charge in [0.2, 0.25) is 0 Å². The minimum atomic E-state index is -0.161. The normalized spacial score (nSPS) is 10.1. The SMILES string of the molecule is C=CCc1cc(C(=O)NCCOc2ccccc2Cl)ccc1OC. The first kappa shape index (κ1) is 17.9. The van der Waals surface area contributed by atoms with E-state index in [1.165, 1.54) is 0 Å². The Morgan fingerprint density at radius 1 is 1.25 bits per heavy atom. The van der Waals surface area contributed by atoms with Crippen LogP contribution in [0.15, 0.2) is 55.1 Å². The fourth-order valence-corrected chi connectivity index (χ4v) is 2.41. The smallest absolute Gasteiger partial charge is 0.251 e. The molecule has 2 rings (SSSR count). The van der Waals surface area contributed by atoms with Gasteiger partial charge in [-0.05, 0) is 42.3 Å². The van der Waals surface area contributed by atoms with Crippen molar-refractivity contribution in [3.05, 3.63) is 71.3 Å². The maximum absolute atomic E-state index is 12.2. The van der Waals surface area contributed by atoms with Crippen LogP contribution in [0.4, 0.5) is 0 Å². The van der Waals surface area contributed by atoms with Crippen molar-refractivity contribution in [2.45, 2.75) is 6.42 Å². The van der Waals surface area contributed by atoms with Crippen LogP contribution in [0.5, 0.6) is 11.5 Å². The van der Waals surface area contributed by atoms with Gasteiger partial charge in [-0.15, -0.1) is 6.58 Å². The molecule has 0 fully saturated rings. The summed E-state index contributed by atoms with van der Waals surface area (Å²) in [5.74, 6) is 1.19. The van der Waals surface area contributed by atoms with E-state index >= 15 is 0 Å². The lowest BCUT2D eigenvalue weighted by Gasteiger charge is -2.11. The molecule has 0 saturated heterocycles. The van der Waals surface area contributed by atoms with Crippen LogP contribution in [0.25, 0.3) is 0 Å². The molecule has 0 heterocycles. The van der Waals surface area contributed by atoms with E-state index < -0.39 is 0 Å². The van der Waals surface area contributed by atoms with Gasteiger partial charge in [-0.25, -0.2) is 0 Å².